The van der Waals surface area contributed by atoms with Gasteiger partial charge in [-0.15, -0.1) is 11.3 Å². The highest BCUT2D eigenvalue weighted by atomic mass is 32.2. The molecule has 9 heteroatoms. The van der Waals surface area contributed by atoms with Crippen molar-refractivity contribution in [3.8, 4) is 11.5 Å². The summed E-state index contributed by atoms with van der Waals surface area (Å²) in [5.74, 6) is 1.40. The Morgan fingerprint density at radius 1 is 1.11 bits per heavy atom. The maximum atomic E-state index is 12.6. The Kier molecular flexibility index (Phi) is 4.92. The minimum Gasteiger partial charge on any atom is -0.486 e. The van der Waals surface area contributed by atoms with Crippen LogP contribution in [0.4, 0.5) is 0 Å². The van der Waals surface area contributed by atoms with Gasteiger partial charge in [0.05, 0.1) is 11.2 Å². The van der Waals surface area contributed by atoms with Crippen LogP contribution in [-0.4, -0.2) is 26.7 Å². The van der Waals surface area contributed by atoms with E-state index >= 15 is 0 Å². The molecular weight excluding hydrogens is 390 g/mol. The standard InChI is InChI=1S/C18H17NO6S2/c20-18(15-2-1-7-23-15)17-6-3-12(26-17)11-19-27(21,22)13-4-5-14-16(10-13)25-9-8-24-14/h1-7,10,18-20H,8-9,11H2. The second-order valence-electron chi connectivity index (χ2n) is 5.85. The number of sulfonamides is 1. The molecule has 0 amide bonds. The summed E-state index contributed by atoms with van der Waals surface area (Å²) >= 11 is 1.32. The minimum absolute atomic E-state index is 0.110. The molecule has 2 aromatic heterocycles. The Morgan fingerprint density at radius 3 is 2.70 bits per heavy atom. The lowest BCUT2D eigenvalue weighted by Crippen LogP contribution is -2.23. The van der Waals surface area contributed by atoms with Gasteiger partial charge in [0.2, 0.25) is 10.0 Å². The van der Waals surface area contributed by atoms with Crippen molar-refractivity contribution in [2.45, 2.75) is 17.5 Å². The van der Waals surface area contributed by atoms with Crippen molar-refractivity contribution in [1.82, 2.24) is 4.72 Å². The Morgan fingerprint density at radius 2 is 1.93 bits per heavy atom. The van der Waals surface area contributed by atoms with E-state index in [9.17, 15) is 13.5 Å². The van der Waals surface area contributed by atoms with Crippen molar-refractivity contribution in [3.63, 3.8) is 0 Å². The van der Waals surface area contributed by atoms with E-state index in [1.807, 2.05) is 0 Å². The van der Waals surface area contributed by atoms with E-state index < -0.39 is 16.1 Å². The number of benzene rings is 1. The third kappa shape index (κ3) is 3.86. The van der Waals surface area contributed by atoms with Gasteiger partial charge in [-0.1, -0.05) is 0 Å². The van der Waals surface area contributed by atoms with Gasteiger partial charge in [0.1, 0.15) is 25.1 Å². The molecule has 27 heavy (non-hydrogen) atoms. The van der Waals surface area contributed by atoms with Crippen LogP contribution in [0.15, 0.2) is 58.0 Å². The van der Waals surface area contributed by atoms with Gasteiger partial charge in [-0.05, 0) is 36.4 Å². The van der Waals surface area contributed by atoms with E-state index in [1.54, 1.807) is 30.3 Å². The summed E-state index contributed by atoms with van der Waals surface area (Å²) in [5, 5.41) is 10.3. The maximum absolute atomic E-state index is 12.6. The molecule has 0 spiro atoms. The number of rotatable bonds is 6. The number of hydrogen-bond donors (Lipinski definition) is 2. The molecule has 0 saturated carbocycles. The summed E-state index contributed by atoms with van der Waals surface area (Å²) in [5.41, 5.74) is 0. The zero-order valence-electron chi connectivity index (χ0n) is 14.1. The van der Waals surface area contributed by atoms with Crippen LogP contribution in [-0.2, 0) is 16.6 Å². The van der Waals surface area contributed by atoms with Gasteiger partial charge in [-0.25, -0.2) is 13.1 Å². The fraction of sp³-hybridized carbons (Fsp3) is 0.222. The van der Waals surface area contributed by atoms with Crippen LogP contribution in [0.2, 0.25) is 0 Å². The normalized spacial score (nSPS) is 14.9. The number of ether oxygens (including phenoxy) is 2. The highest BCUT2D eigenvalue weighted by molar-refractivity contribution is 7.89. The summed E-state index contributed by atoms with van der Waals surface area (Å²) in [7, 11) is -3.71. The molecular formula is C18H17NO6S2. The number of aliphatic hydroxyl groups is 1. The topological polar surface area (TPSA) is 98.0 Å². The molecule has 1 atom stereocenters. The van der Waals surface area contributed by atoms with Crippen molar-refractivity contribution in [3.05, 3.63) is 64.2 Å². The summed E-state index contributed by atoms with van der Waals surface area (Å²) in [6.07, 6.45) is 0.627. The van der Waals surface area contributed by atoms with Crippen LogP contribution in [0, 0.1) is 0 Å². The average molecular weight is 407 g/mol. The molecule has 0 saturated heterocycles. The van der Waals surface area contributed by atoms with Crippen molar-refractivity contribution >= 4 is 21.4 Å². The average Bonchev–Trinajstić information content (AvgIpc) is 3.37. The molecule has 0 fully saturated rings. The molecule has 142 valence electrons. The van der Waals surface area contributed by atoms with Gasteiger partial charge in [0.15, 0.2) is 11.5 Å². The zero-order valence-corrected chi connectivity index (χ0v) is 15.8. The Hall–Kier alpha value is -2.33. The summed E-state index contributed by atoms with van der Waals surface area (Å²) in [4.78, 5) is 1.56. The number of thiophene rings is 1. The molecule has 7 nitrogen and oxygen atoms in total. The van der Waals surface area contributed by atoms with Crippen LogP contribution < -0.4 is 14.2 Å². The molecule has 3 aromatic rings. The first kappa shape index (κ1) is 18.1. The lowest BCUT2D eigenvalue weighted by molar-refractivity contribution is 0.171. The molecule has 1 unspecified atom stereocenters. The molecule has 0 radical (unpaired) electrons. The zero-order chi connectivity index (χ0) is 18.9. The van der Waals surface area contributed by atoms with E-state index in [-0.39, 0.29) is 11.4 Å². The van der Waals surface area contributed by atoms with Gasteiger partial charge >= 0.3 is 0 Å². The third-order valence-corrected chi connectivity index (χ3v) is 6.56. The number of fused-ring (bicyclic) bond motifs is 1. The van der Waals surface area contributed by atoms with Gasteiger partial charge in [0.25, 0.3) is 0 Å². The van der Waals surface area contributed by atoms with Crippen LogP contribution in [0.3, 0.4) is 0 Å². The predicted octanol–water partition coefficient (Wildman–Crippen LogP) is 2.67. The van der Waals surface area contributed by atoms with Crippen LogP contribution in [0.5, 0.6) is 11.5 Å². The smallest absolute Gasteiger partial charge is 0.241 e. The minimum atomic E-state index is -3.71. The fourth-order valence-electron chi connectivity index (χ4n) is 2.66. The number of nitrogens with one attached hydrogen (secondary N) is 1. The monoisotopic (exact) mass is 407 g/mol. The van der Waals surface area contributed by atoms with E-state index in [0.29, 0.717) is 35.4 Å². The molecule has 2 N–H and O–H groups in total. The fourth-order valence-corrected chi connectivity index (χ4v) is 4.72. The number of hydrogen-bond acceptors (Lipinski definition) is 7. The second-order valence-corrected chi connectivity index (χ2v) is 8.82. The van der Waals surface area contributed by atoms with E-state index in [0.717, 1.165) is 4.88 Å². The Balaban J connectivity index is 1.45. The summed E-state index contributed by atoms with van der Waals surface area (Å²) < 4.78 is 43.7. The van der Waals surface area contributed by atoms with Gasteiger partial charge < -0.3 is 19.0 Å². The first-order valence-electron chi connectivity index (χ1n) is 8.22. The SMILES string of the molecule is O=S(=O)(NCc1ccc(C(O)c2ccco2)s1)c1ccc2c(c1)OCCO2. The number of furan rings is 1. The summed E-state index contributed by atoms with van der Waals surface area (Å²) in [6.45, 7) is 0.953. The predicted molar refractivity (Wildman–Crippen MR) is 98.5 cm³/mol. The van der Waals surface area contributed by atoms with Crippen molar-refractivity contribution in [1.29, 1.82) is 0 Å². The van der Waals surface area contributed by atoms with Gasteiger partial charge in [-0.3, -0.25) is 0 Å². The van der Waals surface area contributed by atoms with Crippen molar-refractivity contribution < 1.29 is 27.4 Å². The third-order valence-electron chi connectivity index (χ3n) is 4.02. The van der Waals surface area contributed by atoms with Crippen molar-refractivity contribution in [2.24, 2.45) is 0 Å². The summed E-state index contributed by atoms with van der Waals surface area (Å²) in [6, 6.07) is 11.5. The molecule has 4 rings (SSSR count). The first-order chi connectivity index (χ1) is 13.0. The first-order valence-corrected chi connectivity index (χ1v) is 10.5. The Bertz CT molecular complexity index is 1030. The number of aliphatic hydroxyl groups excluding tert-OH is 1. The van der Waals surface area contributed by atoms with Crippen LogP contribution in [0.1, 0.15) is 21.6 Å². The second kappa shape index (κ2) is 7.35. The molecule has 0 aliphatic carbocycles. The lowest BCUT2D eigenvalue weighted by Gasteiger charge is -2.18. The largest absolute Gasteiger partial charge is 0.486 e. The van der Waals surface area contributed by atoms with E-state index in [2.05, 4.69) is 4.72 Å². The van der Waals surface area contributed by atoms with Gasteiger partial charge in [0, 0.05) is 22.4 Å². The molecule has 3 heterocycles. The van der Waals surface area contributed by atoms with Crippen molar-refractivity contribution in [2.75, 3.05) is 13.2 Å². The van der Waals surface area contributed by atoms with Crippen LogP contribution in [0.25, 0.3) is 0 Å². The molecule has 1 aliphatic rings. The molecule has 1 aromatic carbocycles. The lowest BCUT2D eigenvalue weighted by atomic mass is 10.2. The van der Waals surface area contributed by atoms with Crippen LogP contribution >= 0.6 is 11.3 Å². The quantitative estimate of drug-likeness (QED) is 0.652. The molecule has 1 aliphatic heterocycles. The highest BCUT2D eigenvalue weighted by Crippen LogP contribution is 2.32. The van der Waals surface area contributed by atoms with Gasteiger partial charge in [-0.2, -0.15) is 0 Å². The maximum Gasteiger partial charge on any atom is 0.241 e. The highest BCUT2D eigenvalue weighted by Gasteiger charge is 2.20. The van der Waals surface area contributed by atoms with E-state index in [4.69, 9.17) is 13.9 Å². The Labute approximate surface area is 160 Å². The molecule has 0 bridgehead atoms. The van der Waals surface area contributed by atoms with E-state index in [1.165, 1.54) is 29.7 Å².